The highest BCUT2D eigenvalue weighted by Gasteiger charge is 2.25. The Morgan fingerprint density at radius 2 is 2.19 bits per heavy atom. The van der Waals surface area contributed by atoms with Gasteiger partial charge in [-0.3, -0.25) is 0 Å². The fourth-order valence-electron chi connectivity index (χ4n) is 2.66. The van der Waals surface area contributed by atoms with Crippen molar-refractivity contribution in [2.45, 2.75) is 56.7 Å². The van der Waals surface area contributed by atoms with Crippen LogP contribution < -0.4 is 0 Å². The van der Waals surface area contributed by atoms with Gasteiger partial charge in [0.15, 0.2) is 5.82 Å². The van der Waals surface area contributed by atoms with E-state index in [-0.39, 0.29) is 0 Å². The SMILES string of the molecule is CC1CCCc2nc(C3CCCCS3)nn21. The zero-order chi connectivity index (χ0) is 11.0. The molecule has 3 heterocycles. The predicted octanol–water partition coefficient (Wildman–Crippen LogP) is 3.13. The molecule has 88 valence electrons. The summed E-state index contributed by atoms with van der Waals surface area (Å²) in [5.41, 5.74) is 0. The summed E-state index contributed by atoms with van der Waals surface area (Å²) < 4.78 is 2.17. The Bertz CT molecular complexity index is 368. The van der Waals surface area contributed by atoms with E-state index in [1.54, 1.807) is 0 Å². The smallest absolute Gasteiger partial charge is 0.163 e. The summed E-state index contributed by atoms with van der Waals surface area (Å²) in [5, 5.41) is 5.31. The van der Waals surface area contributed by atoms with Crippen molar-refractivity contribution in [2.75, 3.05) is 5.75 Å². The number of hydrogen-bond donors (Lipinski definition) is 0. The lowest BCUT2D eigenvalue weighted by Crippen LogP contribution is -2.16. The Balaban J connectivity index is 1.85. The van der Waals surface area contributed by atoms with Gasteiger partial charge in [-0.1, -0.05) is 6.42 Å². The van der Waals surface area contributed by atoms with Crippen molar-refractivity contribution >= 4 is 11.8 Å². The van der Waals surface area contributed by atoms with Crippen molar-refractivity contribution in [2.24, 2.45) is 0 Å². The van der Waals surface area contributed by atoms with Gasteiger partial charge in [0.25, 0.3) is 0 Å². The molecule has 2 aliphatic rings. The Morgan fingerprint density at radius 1 is 1.25 bits per heavy atom. The summed E-state index contributed by atoms with van der Waals surface area (Å²) in [7, 11) is 0. The van der Waals surface area contributed by atoms with Crippen LogP contribution in [0.3, 0.4) is 0 Å². The lowest BCUT2D eigenvalue weighted by molar-refractivity contribution is 0.387. The molecule has 1 fully saturated rings. The van der Waals surface area contributed by atoms with E-state index in [0.29, 0.717) is 11.3 Å². The van der Waals surface area contributed by atoms with Crippen molar-refractivity contribution in [3.63, 3.8) is 0 Å². The molecule has 0 radical (unpaired) electrons. The highest BCUT2D eigenvalue weighted by Crippen LogP contribution is 2.37. The van der Waals surface area contributed by atoms with E-state index in [1.165, 1.54) is 43.7 Å². The van der Waals surface area contributed by atoms with Crippen LogP contribution >= 0.6 is 11.8 Å². The standard InChI is InChI=1S/C12H19N3S/c1-9-5-4-7-11-13-12(14-15(9)11)10-6-2-3-8-16-10/h9-10H,2-8H2,1H3. The molecule has 0 saturated carbocycles. The molecule has 2 atom stereocenters. The maximum atomic E-state index is 4.76. The molecule has 2 unspecified atom stereocenters. The topological polar surface area (TPSA) is 30.7 Å². The molecular weight excluding hydrogens is 218 g/mol. The van der Waals surface area contributed by atoms with E-state index in [1.807, 2.05) is 11.8 Å². The molecule has 0 N–H and O–H groups in total. The van der Waals surface area contributed by atoms with E-state index in [2.05, 4.69) is 11.6 Å². The molecule has 0 bridgehead atoms. The van der Waals surface area contributed by atoms with Crippen LogP contribution in [0.5, 0.6) is 0 Å². The van der Waals surface area contributed by atoms with Crippen LogP contribution in [0.2, 0.25) is 0 Å². The van der Waals surface area contributed by atoms with E-state index < -0.39 is 0 Å². The maximum absolute atomic E-state index is 4.76. The highest BCUT2D eigenvalue weighted by molar-refractivity contribution is 7.99. The molecular formula is C12H19N3S. The molecule has 0 aromatic carbocycles. The predicted molar refractivity (Wildman–Crippen MR) is 66.7 cm³/mol. The number of nitrogens with zero attached hydrogens (tertiary/aromatic N) is 3. The number of aryl methyl sites for hydroxylation is 1. The monoisotopic (exact) mass is 237 g/mol. The summed E-state index contributed by atoms with van der Waals surface area (Å²) in [5.74, 6) is 3.61. The van der Waals surface area contributed by atoms with Crippen LogP contribution in [0.1, 0.15) is 62.0 Å². The third kappa shape index (κ3) is 1.88. The van der Waals surface area contributed by atoms with Crippen LogP contribution in [0.4, 0.5) is 0 Å². The fourth-order valence-corrected chi connectivity index (χ4v) is 3.89. The molecule has 0 amide bonds. The van der Waals surface area contributed by atoms with Crippen molar-refractivity contribution < 1.29 is 0 Å². The number of fused-ring (bicyclic) bond motifs is 1. The number of rotatable bonds is 1. The Hall–Kier alpha value is -0.510. The maximum Gasteiger partial charge on any atom is 0.163 e. The van der Waals surface area contributed by atoms with E-state index in [4.69, 9.17) is 10.1 Å². The first-order chi connectivity index (χ1) is 7.84. The van der Waals surface area contributed by atoms with Crippen LogP contribution in [0.15, 0.2) is 0 Å². The van der Waals surface area contributed by atoms with E-state index >= 15 is 0 Å². The lowest BCUT2D eigenvalue weighted by Gasteiger charge is -2.19. The van der Waals surface area contributed by atoms with Gasteiger partial charge in [0.05, 0.1) is 11.3 Å². The first-order valence-corrected chi connectivity index (χ1v) is 7.46. The Kier molecular flexibility index (Phi) is 2.92. The van der Waals surface area contributed by atoms with E-state index in [0.717, 1.165) is 12.2 Å². The van der Waals surface area contributed by atoms with Gasteiger partial charge < -0.3 is 0 Å². The second kappa shape index (κ2) is 4.40. The average molecular weight is 237 g/mol. The molecule has 1 aromatic heterocycles. The normalized spacial score (nSPS) is 30.1. The van der Waals surface area contributed by atoms with Gasteiger partial charge in [-0.15, -0.1) is 0 Å². The van der Waals surface area contributed by atoms with Crippen molar-refractivity contribution in [3.05, 3.63) is 11.6 Å². The minimum absolute atomic E-state index is 0.554. The zero-order valence-electron chi connectivity index (χ0n) is 9.85. The molecule has 1 saturated heterocycles. The van der Waals surface area contributed by atoms with Gasteiger partial charge in [0.1, 0.15) is 5.82 Å². The van der Waals surface area contributed by atoms with Crippen LogP contribution in [-0.4, -0.2) is 20.5 Å². The van der Waals surface area contributed by atoms with Gasteiger partial charge in [-0.05, 0) is 38.4 Å². The molecule has 2 aliphatic heterocycles. The molecule has 0 spiro atoms. The average Bonchev–Trinajstić information content (AvgIpc) is 2.76. The quantitative estimate of drug-likeness (QED) is 0.752. The number of aromatic nitrogens is 3. The summed E-state index contributed by atoms with van der Waals surface area (Å²) >= 11 is 2.04. The van der Waals surface area contributed by atoms with Crippen molar-refractivity contribution in [3.8, 4) is 0 Å². The van der Waals surface area contributed by atoms with Crippen molar-refractivity contribution in [1.29, 1.82) is 0 Å². The first-order valence-electron chi connectivity index (χ1n) is 6.41. The third-order valence-electron chi connectivity index (χ3n) is 3.63. The minimum Gasteiger partial charge on any atom is -0.247 e. The lowest BCUT2D eigenvalue weighted by atomic mass is 10.1. The fraction of sp³-hybridized carbons (Fsp3) is 0.833. The molecule has 3 nitrogen and oxygen atoms in total. The molecule has 1 aromatic rings. The second-order valence-corrected chi connectivity index (χ2v) is 6.24. The highest BCUT2D eigenvalue weighted by atomic mass is 32.2. The van der Waals surface area contributed by atoms with Gasteiger partial charge >= 0.3 is 0 Å². The Morgan fingerprint density at radius 3 is 2.94 bits per heavy atom. The third-order valence-corrected chi connectivity index (χ3v) is 5.00. The van der Waals surface area contributed by atoms with Gasteiger partial charge in [0.2, 0.25) is 0 Å². The van der Waals surface area contributed by atoms with Crippen LogP contribution in [0, 0.1) is 0 Å². The molecule has 16 heavy (non-hydrogen) atoms. The molecule has 3 rings (SSSR count). The number of thioether (sulfide) groups is 1. The van der Waals surface area contributed by atoms with Crippen LogP contribution in [0.25, 0.3) is 0 Å². The number of hydrogen-bond acceptors (Lipinski definition) is 3. The largest absolute Gasteiger partial charge is 0.247 e. The summed E-state index contributed by atoms with van der Waals surface area (Å²) in [6.07, 6.45) is 7.63. The Labute approximate surface area is 101 Å². The zero-order valence-corrected chi connectivity index (χ0v) is 10.7. The van der Waals surface area contributed by atoms with Gasteiger partial charge in [-0.25, -0.2) is 9.67 Å². The van der Waals surface area contributed by atoms with Crippen molar-refractivity contribution in [1.82, 2.24) is 14.8 Å². The summed E-state index contributed by atoms with van der Waals surface area (Å²) in [4.78, 5) is 4.76. The van der Waals surface area contributed by atoms with Gasteiger partial charge in [0, 0.05) is 6.42 Å². The molecule has 0 aliphatic carbocycles. The summed E-state index contributed by atoms with van der Waals surface area (Å²) in [6.45, 7) is 2.26. The second-order valence-electron chi connectivity index (χ2n) is 4.93. The first kappa shape index (κ1) is 10.6. The minimum atomic E-state index is 0.554. The summed E-state index contributed by atoms with van der Waals surface area (Å²) in [6, 6.07) is 0.554. The van der Waals surface area contributed by atoms with Gasteiger partial charge in [-0.2, -0.15) is 16.9 Å². The van der Waals surface area contributed by atoms with Crippen LogP contribution in [-0.2, 0) is 6.42 Å². The van der Waals surface area contributed by atoms with E-state index in [9.17, 15) is 0 Å². The molecule has 4 heteroatoms.